The number of urea groups is 1. The first-order chi connectivity index (χ1) is 8.99. The molecule has 19 heavy (non-hydrogen) atoms. The number of pyridine rings is 1. The van der Waals surface area contributed by atoms with Crippen molar-refractivity contribution in [1.82, 2.24) is 9.88 Å². The van der Waals surface area contributed by atoms with Gasteiger partial charge in [-0.05, 0) is 24.5 Å². The van der Waals surface area contributed by atoms with Crippen molar-refractivity contribution >= 4 is 17.7 Å². The molecule has 1 saturated heterocycles. The van der Waals surface area contributed by atoms with Gasteiger partial charge in [0.05, 0.1) is 17.8 Å². The number of hydrogen-bond acceptors (Lipinski definition) is 3. The van der Waals surface area contributed by atoms with E-state index in [1.807, 2.05) is 19.9 Å². The second-order valence-electron chi connectivity index (χ2n) is 4.95. The number of likely N-dealkylation sites (tertiary alicyclic amines) is 1. The summed E-state index contributed by atoms with van der Waals surface area (Å²) in [5.74, 6) is -1.36. The van der Waals surface area contributed by atoms with E-state index < -0.39 is 11.9 Å². The lowest BCUT2D eigenvalue weighted by Gasteiger charge is -2.17. The predicted molar refractivity (Wildman–Crippen MR) is 69.9 cm³/mol. The molecule has 6 heteroatoms. The van der Waals surface area contributed by atoms with Crippen molar-refractivity contribution in [2.24, 2.45) is 11.8 Å². The topological polar surface area (TPSA) is 82.5 Å². The Balaban J connectivity index is 2.02. The Morgan fingerprint density at radius 1 is 1.47 bits per heavy atom. The molecule has 2 heterocycles. The maximum atomic E-state index is 12.1. The number of aromatic nitrogens is 1. The highest BCUT2D eigenvalue weighted by molar-refractivity contribution is 5.90. The molecule has 2 amide bonds. The number of rotatable bonds is 2. The summed E-state index contributed by atoms with van der Waals surface area (Å²) < 4.78 is 0. The van der Waals surface area contributed by atoms with Gasteiger partial charge in [-0.25, -0.2) is 4.79 Å². The molecule has 0 radical (unpaired) electrons. The first-order valence-electron chi connectivity index (χ1n) is 6.18. The van der Waals surface area contributed by atoms with Gasteiger partial charge in [0.1, 0.15) is 0 Å². The number of anilines is 1. The first kappa shape index (κ1) is 13.3. The van der Waals surface area contributed by atoms with Gasteiger partial charge in [-0.2, -0.15) is 0 Å². The molecule has 2 unspecified atom stereocenters. The number of amides is 2. The lowest BCUT2D eigenvalue weighted by molar-refractivity contribution is -0.142. The maximum absolute atomic E-state index is 12.1. The fraction of sp³-hybridized carbons (Fsp3) is 0.462. The molecule has 2 N–H and O–H groups in total. The lowest BCUT2D eigenvalue weighted by Crippen LogP contribution is -2.34. The van der Waals surface area contributed by atoms with Crippen LogP contribution in [0.25, 0.3) is 0 Å². The fourth-order valence-electron chi connectivity index (χ4n) is 2.24. The van der Waals surface area contributed by atoms with Crippen LogP contribution in [0.2, 0.25) is 0 Å². The van der Waals surface area contributed by atoms with Gasteiger partial charge >= 0.3 is 12.0 Å². The highest BCUT2D eigenvalue weighted by Gasteiger charge is 2.36. The minimum Gasteiger partial charge on any atom is -0.481 e. The third-order valence-electron chi connectivity index (χ3n) is 3.50. The quantitative estimate of drug-likeness (QED) is 0.848. The summed E-state index contributed by atoms with van der Waals surface area (Å²) in [4.78, 5) is 28.6. The standard InChI is InChI=1S/C13H17N3O3/c1-8-3-4-14-5-11(8)15-13(19)16-6-9(2)10(7-16)12(17)18/h3-5,9-10H,6-7H2,1-2H3,(H,15,19)(H,17,18). The van der Waals surface area contributed by atoms with E-state index in [0.717, 1.165) is 5.56 Å². The predicted octanol–water partition coefficient (Wildman–Crippen LogP) is 1.57. The summed E-state index contributed by atoms with van der Waals surface area (Å²) in [7, 11) is 0. The van der Waals surface area contributed by atoms with E-state index in [-0.39, 0.29) is 18.5 Å². The van der Waals surface area contributed by atoms with E-state index >= 15 is 0 Å². The molecule has 0 saturated carbocycles. The molecule has 1 aliphatic heterocycles. The average Bonchev–Trinajstić information content (AvgIpc) is 2.74. The molecule has 1 fully saturated rings. The van der Waals surface area contributed by atoms with Crippen LogP contribution in [0.5, 0.6) is 0 Å². The van der Waals surface area contributed by atoms with Gasteiger partial charge in [0.25, 0.3) is 0 Å². The number of carboxylic acid groups (broad SMARTS) is 1. The van der Waals surface area contributed by atoms with Gasteiger partial charge in [-0.15, -0.1) is 0 Å². The van der Waals surface area contributed by atoms with E-state index in [2.05, 4.69) is 10.3 Å². The lowest BCUT2D eigenvalue weighted by atomic mass is 9.99. The average molecular weight is 263 g/mol. The van der Waals surface area contributed by atoms with Crippen LogP contribution in [0.15, 0.2) is 18.5 Å². The Bertz CT molecular complexity index is 504. The number of nitrogens with zero attached hydrogens (tertiary/aromatic N) is 2. The van der Waals surface area contributed by atoms with Crippen LogP contribution in [0.3, 0.4) is 0 Å². The minimum absolute atomic E-state index is 0.0294. The van der Waals surface area contributed by atoms with Crippen molar-refractivity contribution in [3.8, 4) is 0 Å². The molecule has 0 aromatic carbocycles. The number of aliphatic carboxylic acids is 1. The van der Waals surface area contributed by atoms with Crippen molar-refractivity contribution < 1.29 is 14.7 Å². The number of carbonyl (C=O) groups is 2. The Labute approximate surface area is 111 Å². The van der Waals surface area contributed by atoms with E-state index in [0.29, 0.717) is 12.2 Å². The van der Waals surface area contributed by atoms with Crippen molar-refractivity contribution in [2.45, 2.75) is 13.8 Å². The Hall–Kier alpha value is -2.11. The Morgan fingerprint density at radius 2 is 2.21 bits per heavy atom. The smallest absolute Gasteiger partial charge is 0.321 e. The van der Waals surface area contributed by atoms with Crippen molar-refractivity contribution in [1.29, 1.82) is 0 Å². The third-order valence-corrected chi connectivity index (χ3v) is 3.50. The van der Waals surface area contributed by atoms with Gasteiger partial charge in [-0.3, -0.25) is 9.78 Å². The van der Waals surface area contributed by atoms with Crippen LogP contribution in [0, 0.1) is 18.8 Å². The highest BCUT2D eigenvalue weighted by atomic mass is 16.4. The van der Waals surface area contributed by atoms with Gasteiger partial charge in [-0.1, -0.05) is 6.92 Å². The van der Waals surface area contributed by atoms with Crippen molar-refractivity contribution in [3.05, 3.63) is 24.0 Å². The summed E-state index contributed by atoms with van der Waals surface area (Å²) in [6, 6.07) is 1.54. The normalized spacial score (nSPS) is 22.3. The molecule has 1 aromatic rings. The monoisotopic (exact) mass is 263 g/mol. The Kier molecular flexibility index (Phi) is 3.69. The second kappa shape index (κ2) is 5.26. The van der Waals surface area contributed by atoms with Gasteiger partial charge in [0.2, 0.25) is 0 Å². The summed E-state index contributed by atoms with van der Waals surface area (Å²) in [5, 5.41) is 11.8. The van der Waals surface area contributed by atoms with Gasteiger partial charge in [0, 0.05) is 19.3 Å². The number of carbonyl (C=O) groups excluding carboxylic acids is 1. The summed E-state index contributed by atoms with van der Waals surface area (Å²) >= 11 is 0. The van der Waals surface area contributed by atoms with Gasteiger partial charge in [0.15, 0.2) is 0 Å². The summed E-state index contributed by atoms with van der Waals surface area (Å²) in [6.45, 7) is 4.44. The van der Waals surface area contributed by atoms with Gasteiger partial charge < -0.3 is 15.3 Å². The molecular weight excluding hydrogens is 246 g/mol. The molecule has 0 bridgehead atoms. The van der Waals surface area contributed by atoms with E-state index in [1.54, 1.807) is 12.4 Å². The SMILES string of the molecule is Cc1ccncc1NC(=O)N1CC(C)C(C(=O)O)C1. The van der Waals surface area contributed by atoms with Crippen LogP contribution in [-0.4, -0.2) is 40.1 Å². The fourth-order valence-corrected chi connectivity index (χ4v) is 2.24. The molecule has 1 aromatic heterocycles. The molecule has 2 rings (SSSR count). The molecule has 0 aliphatic carbocycles. The summed E-state index contributed by atoms with van der Waals surface area (Å²) in [5.41, 5.74) is 1.57. The van der Waals surface area contributed by atoms with Crippen LogP contribution >= 0.6 is 0 Å². The summed E-state index contributed by atoms with van der Waals surface area (Å²) in [6.07, 6.45) is 3.24. The Morgan fingerprint density at radius 3 is 2.79 bits per heavy atom. The van der Waals surface area contributed by atoms with E-state index in [1.165, 1.54) is 4.90 Å². The number of nitrogens with one attached hydrogen (secondary N) is 1. The second-order valence-corrected chi connectivity index (χ2v) is 4.95. The van der Waals surface area contributed by atoms with E-state index in [9.17, 15) is 9.59 Å². The molecule has 6 nitrogen and oxygen atoms in total. The largest absolute Gasteiger partial charge is 0.481 e. The van der Waals surface area contributed by atoms with Crippen LogP contribution in [0.1, 0.15) is 12.5 Å². The zero-order valence-corrected chi connectivity index (χ0v) is 11.0. The first-order valence-corrected chi connectivity index (χ1v) is 6.18. The highest BCUT2D eigenvalue weighted by Crippen LogP contribution is 2.24. The molecular formula is C13H17N3O3. The van der Waals surface area contributed by atoms with Crippen molar-refractivity contribution in [3.63, 3.8) is 0 Å². The minimum atomic E-state index is -0.847. The number of hydrogen-bond donors (Lipinski definition) is 2. The van der Waals surface area contributed by atoms with Crippen LogP contribution < -0.4 is 5.32 Å². The van der Waals surface area contributed by atoms with E-state index in [4.69, 9.17) is 5.11 Å². The molecule has 102 valence electrons. The number of aryl methyl sites for hydroxylation is 1. The zero-order chi connectivity index (χ0) is 14.0. The molecule has 2 atom stereocenters. The molecule has 0 spiro atoms. The zero-order valence-electron chi connectivity index (χ0n) is 11.0. The maximum Gasteiger partial charge on any atom is 0.321 e. The van der Waals surface area contributed by atoms with Crippen LogP contribution in [-0.2, 0) is 4.79 Å². The number of carboxylic acids is 1. The third kappa shape index (κ3) is 2.83. The van der Waals surface area contributed by atoms with Crippen LogP contribution in [0.4, 0.5) is 10.5 Å². The van der Waals surface area contributed by atoms with Crippen molar-refractivity contribution in [2.75, 3.05) is 18.4 Å². The molecule has 1 aliphatic rings.